The van der Waals surface area contributed by atoms with Gasteiger partial charge in [0.25, 0.3) is 0 Å². The van der Waals surface area contributed by atoms with Crippen molar-refractivity contribution >= 4 is 11.3 Å². The van der Waals surface area contributed by atoms with Crippen LogP contribution in [0.15, 0.2) is 24.3 Å². The third-order valence-electron chi connectivity index (χ3n) is 2.47. The molecule has 0 aliphatic carbocycles. The topological polar surface area (TPSA) is 51.8 Å². The lowest BCUT2D eigenvalue weighted by Gasteiger charge is -2.01. The van der Waals surface area contributed by atoms with Gasteiger partial charge in [0, 0.05) is 12.8 Å². The Kier molecular flexibility index (Phi) is 3.64. The van der Waals surface area contributed by atoms with Gasteiger partial charge in [0.1, 0.15) is 10.0 Å². The molecule has 2 N–H and O–H groups in total. The molecule has 4 heteroatoms. The number of rotatable bonds is 4. The lowest BCUT2D eigenvalue weighted by atomic mass is 10.1. The fourth-order valence-electron chi connectivity index (χ4n) is 1.56. The maximum absolute atomic E-state index is 5.49. The normalized spacial score (nSPS) is 10.6. The van der Waals surface area contributed by atoms with E-state index in [-0.39, 0.29) is 0 Å². The van der Waals surface area contributed by atoms with Crippen LogP contribution in [0.1, 0.15) is 21.1 Å². The Morgan fingerprint density at radius 2 is 1.94 bits per heavy atom. The van der Waals surface area contributed by atoms with Crippen molar-refractivity contribution in [3.05, 3.63) is 45.4 Å². The smallest absolute Gasteiger partial charge is 0.121 e. The first-order valence-corrected chi connectivity index (χ1v) is 6.17. The molecule has 2 rings (SSSR count). The zero-order valence-electron chi connectivity index (χ0n) is 9.31. The Bertz CT molecular complexity index is 465. The van der Waals surface area contributed by atoms with Crippen LogP contribution in [-0.4, -0.2) is 16.7 Å². The molecular weight excluding hydrogens is 218 g/mol. The molecule has 1 aromatic heterocycles. The molecule has 0 saturated carbocycles. The molecule has 0 aliphatic rings. The van der Waals surface area contributed by atoms with E-state index in [1.165, 1.54) is 11.1 Å². The molecule has 0 unspecified atom stereocenters. The summed E-state index contributed by atoms with van der Waals surface area (Å²) >= 11 is 1.66. The summed E-state index contributed by atoms with van der Waals surface area (Å²) in [5, 5.41) is 10.4. The van der Waals surface area contributed by atoms with Gasteiger partial charge in [-0.2, -0.15) is 0 Å². The van der Waals surface area contributed by atoms with Crippen LogP contribution < -0.4 is 5.73 Å². The summed E-state index contributed by atoms with van der Waals surface area (Å²) in [6.07, 6.45) is 1.69. The van der Waals surface area contributed by atoms with Crippen LogP contribution in [0.4, 0.5) is 0 Å². The van der Waals surface area contributed by atoms with E-state index in [0.29, 0.717) is 6.54 Å². The molecular formula is C12H15N3S. The van der Waals surface area contributed by atoms with Gasteiger partial charge in [-0.1, -0.05) is 24.3 Å². The molecule has 0 spiro atoms. The van der Waals surface area contributed by atoms with Gasteiger partial charge < -0.3 is 5.73 Å². The van der Waals surface area contributed by atoms with Gasteiger partial charge >= 0.3 is 0 Å². The van der Waals surface area contributed by atoms with E-state index < -0.39 is 0 Å². The van der Waals surface area contributed by atoms with E-state index in [0.717, 1.165) is 22.9 Å². The zero-order valence-corrected chi connectivity index (χ0v) is 10.1. The number of aryl methyl sites for hydroxylation is 1. The Labute approximate surface area is 99.3 Å². The molecule has 2 aromatic rings. The lowest BCUT2D eigenvalue weighted by Crippen LogP contribution is -2.01. The van der Waals surface area contributed by atoms with Gasteiger partial charge in [0.05, 0.1) is 0 Å². The van der Waals surface area contributed by atoms with Gasteiger partial charge in [-0.15, -0.1) is 21.5 Å². The van der Waals surface area contributed by atoms with Crippen molar-refractivity contribution in [2.24, 2.45) is 5.73 Å². The average molecular weight is 233 g/mol. The van der Waals surface area contributed by atoms with Crippen molar-refractivity contribution in [3.63, 3.8) is 0 Å². The predicted octanol–water partition coefficient (Wildman–Crippen LogP) is 1.94. The molecule has 1 aromatic carbocycles. The molecule has 0 amide bonds. The third-order valence-corrected chi connectivity index (χ3v) is 3.45. The van der Waals surface area contributed by atoms with Crippen molar-refractivity contribution in [2.45, 2.75) is 19.8 Å². The molecule has 84 valence electrons. The van der Waals surface area contributed by atoms with E-state index in [4.69, 9.17) is 5.73 Å². The van der Waals surface area contributed by atoms with Crippen LogP contribution in [0.5, 0.6) is 0 Å². The van der Waals surface area contributed by atoms with Crippen molar-refractivity contribution in [1.29, 1.82) is 0 Å². The van der Waals surface area contributed by atoms with Crippen molar-refractivity contribution in [2.75, 3.05) is 6.54 Å². The molecule has 0 radical (unpaired) electrons. The van der Waals surface area contributed by atoms with Crippen LogP contribution >= 0.6 is 11.3 Å². The molecule has 0 saturated heterocycles. The second-order valence-corrected chi connectivity index (χ2v) is 4.88. The van der Waals surface area contributed by atoms with Gasteiger partial charge in [-0.25, -0.2) is 0 Å². The average Bonchev–Trinajstić information content (AvgIpc) is 2.70. The van der Waals surface area contributed by atoms with Crippen LogP contribution in [-0.2, 0) is 12.8 Å². The maximum atomic E-state index is 5.49. The molecule has 0 bridgehead atoms. The summed E-state index contributed by atoms with van der Waals surface area (Å²) in [5.74, 6) is 0. The van der Waals surface area contributed by atoms with E-state index in [1.807, 2.05) is 0 Å². The minimum Gasteiger partial charge on any atom is -0.330 e. The minimum atomic E-state index is 0.638. The summed E-state index contributed by atoms with van der Waals surface area (Å²) < 4.78 is 0. The number of aromatic nitrogens is 2. The molecule has 0 aliphatic heterocycles. The minimum absolute atomic E-state index is 0.638. The Hall–Kier alpha value is -1.26. The second-order valence-electron chi connectivity index (χ2n) is 3.73. The molecule has 0 fully saturated rings. The fourth-order valence-corrected chi connectivity index (χ4v) is 2.44. The summed E-state index contributed by atoms with van der Waals surface area (Å²) in [5.41, 5.74) is 8.11. The predicted molar refractivity (Wildman–Crippen MR) is 66.7 cm³/mol. The Morgan fingerprint density at radius 1 is 1.19 bits per heavy atom. The van der Waals surface area contributed by atoms with Crippen LogP contribution in [0.2, 0.25) is 0 Å². The highest BCUT2D eigenvalue weighted by atomic mass is 32.1. The van der Waals surface area contributed by atoms with E-state index in [2.05, 4.69) is 41.4 Å². The standard InChI is InChI=1S/C12H15N3S/c1-9-4-2-3-5-10(9)8-12-15-14-11(16-12)6-7-13/h2-5H,6-8,13H2,1H3. The zero-order chi connectivity index (χ0) is 11.4. The quantitative estimate of drug-likeness (QED) is 0.878. The number of hydrogen-bond acceptors (Lipinski definition) is 4. The summed E-state index contributed by atoms with van der Waals surface area (Å²) in [4.78, 5) is 0. The maximum Gasteiger partial charge on any atom is 0.121 e. The van der Waals surface area contributed by atoms with Gasteiger partial charge in [0.15, 0.2) is 0 Å². The van der Waals surface area contributed by atoms with Crippen LogP contribution in [0, 0.1) is 6.92 Å². The molecule has 1 heterocycles. The summed E-state index contributed by atoms with van der Waals surface area (Å²) in [6.45, 7) is 2.76. The molecule has 0 atom stereocenters. The third kappa shape index (κ3) is 2.65. The molecule has 16 heavy (non-hydrogen) atoms. The summed E-state index contributed by atoms with van der Waals surface area (Å²) in [6, 6.07) is 8.37. The van der Waals surface area contributed by atoms with E-state index in [9.17, 15) is 0 Å². The first-order valence-electron chi connectivity index (χ1n) is 5.35. The van der Waals surface area contributed by atoms with Crippen molar-refractivity contribution < 1.29 is 0 Å². The SMILES string of the molecule is Cc1ccccc1Cc1nnc(CCN)s1. The van der Waals surface area contributed by atoms with Gasteiger partial charge in [0.2, 0.25) is 0 Å². The largest absolute Gasteiger partial charge is 0.330 e. The Morgan fingerprint density at radius 3 is 2.69 bits per heavy atom. The first-order chi connectivity index (χ1) is 7.79. The fraction of sp³-hybridized carbons (Fsp3) is 0.333. The van der Waals surface area contributed by atoms with Crippen molar-refractivity contribution in [3.8, 4) is 0 Å². The van der Waals surface area contributed by atoms with Crippen molar-refractivity contribution in [1.82, 2.24) is 10.2 Å². The number of hydrogen-bond donors (Lipinski definition) is 1. The summed E-state index contributed by atoms with van der Waals surface area (Å²) in [7, 11) is 0. The van der Waals surface area contributed by atoms with Crippen LogP contribution in [0.25, 0.3) is 0 Å². The van der Waals surface area contributed by atoms with Gasteiger partial charge in [-0.3, -0.25) is 0 Å². The van der Waals surface area contributed by atoms with Gasteiger partial charge in [-0.05, 0) is 24.6 Å². The highest BCUT2D eigenvalue weighted by Crippen LogP contribution is 2.17. The van der Waals surface area contributed by atoms with E-state index >= 15 is 0 Å². The Balaban J connectivity index is 2.11. The van der Waals surface area contributed by atoms with E-state index in [1.54, 1.807) is 11.3 Å². The highest BCUT2D eigenvalue weighted by molar-refractivity contribution is 7.11. The number of nitrogens with zero attached hydrogens (tertiary/aromatic N) is 2. The molecule has 3 nitrogen and oxygen atoms in total. The van der Waals surface area contributed by atoms with Crippen LogP contribution in [0.3, 0.4) is 0 Å². The second kappa shape index (κ2) is 5.18. The number of benzene rings is 1. The number of nitrogens with two attached hydrogens (primary N) is 1. The first kappa shape index (κ1) is 11.2. The monoisotopic (exact) mass is 233 g/mol. The highest BCUT2D eigenvalue weighted by Gasteiger charge is 2.05. The lowest BCUT2D eigenvalue weighted by molar-refractivity contribution is 0.897.